The summed E-state index contributed by atoms with van der Waals surface area (Å²) < 4.78 is 0. The number of benzene rings is 1. The first-order chi connectivity index (χ1) is 7.04. The first kappa shape index (κ1) is 11.4. The summed E-state index contributed by atoms with van der Waals surface area (Å²) in [5.74, 6) is -0.902. The van der Waals surface area contributed by atoms with Gasteiger partial charge in [0.05, 0.1) is 5.92 Å². The van der Waals surface area contributed by atoms with Crippen molar-refractivity contribution in [2.24, 2.45) is 5.92 Å². The molecule has 1 aromatic carbocycles. The highest BCUT2D eigenvalue weighted by Gasteiger charge is 2.23. The zero-order chi connectivity index (χ0) is 11.4. The standard InChI is InChI=1S/C12H15NO2/c1-9(12(15)13(2)3)11(14)10-7-5-4-6-8-10/h4-9H,1-3H3. The van der Waals surface area contributed by atoms with E-state index in [1.165, 1.54) is 4.90 Å². The molecule has 0 N–H and O–H groups in total. The number of rotatable bonds is 3. The fourth-order valence-corrected chi connectivity index (χ4v) is 1.35. The molecule has 1 aromatic rings. The van der Waals surface area contributed by atoms with Crippen LogP contribution in [0.5, 0.6) is 0 Å². The second-order valence-electron chi connectivity index (χ2n) is 3.68. The van der Waals surface area contributed by atoms with Crippen molar-refractivity contribution in [3.8, 4) is 0 Å². The molecule has 0 saturated heterocycles. The van der Waals surface area contributed by atoms with E-state index in [9.17, 15) is 9.59 Å². The molecule has 3 nitrogen and oxygen atoms in total. The molecule has 0 aromatic heterocycles. The molecule has 15 heavy (non-hydrogen) atoms. The Balaban J connectivity index is 2.82. The molecule has 1 unspecified atom stereocenters. The molecule has 80 valence electrons. The van der Waals surface area contributed by atoms with Crippen LogP contribution in [0, 0.1) is 5.92 Å². The molecule has 3 heteroatoms. The minimum absolute atomic E-state index is 0.130. The van der Waals surface area contributed by atoms with Gasteiger partial charge in [0.15, 0.2) is 5.78 Å². The van der Waals surface area contributed by atoms with E-state index in [4.69, 9.17) is 0 Å². The van der Waals surface area contributed by atoms with E-state index < -0.39 is 5.92 Å². The van der Waals surface area contributed by atoms with Gasteiger partial charge in [0.2, 0.25) is 5.91 Å². The minimum Gasteiger partial charge on any atom is -0.348 e. The molecule has 0 radical (unpaired) electrons. The highest BCUT2D eigenvalue weighted by atomic mass is 16.2. The number of carbonyl (C=O) groups is 2. The average Bonchev–Trinajstić information content (AvgIpc) is 2.27. The largest absolute Gasteiger partial charge is 0.348 e. The quantitative estimate of drug-likeness (QED) is 0.555. The highest BCUT2D eigenvalue weighted by Crippen LogP contribution is 2.10. The van der Waals surface area contributed by atoms with Gasteiger partial charge in [0.25, 0.3) is 0 Å². The van der Waals surface area contributed by atoms with Crippen molar-refractivity contribution < 1.29 is 9.59 Å². The van der Waals surface area contributed by atoms with E-state index in [-0.39, 0.29) is 11.7 Å². The van der Waals surface area contributed by atoms with E-state index in [1.807, 2.05) is 6.07 Å². The molecule has 1 atom stereocenters. The van der Waals surface area contributed by atoms with Gasteiger partial charge in [-0.1, -0.05) is 30.3 Å². The number of nitrogens with zero attached hydrogens (tertiary/aromatic N) is 1. The lowest BCUT2D eigenvalue weighted by atomic mass is 9.98. The van der Waals surface area contributed by atoms with Crippen molar-refractivity contribution in [1.82, 2.24) is 4.90 Å². The van der Waals surface area contributed by atoms with Gasteiger partial charge >= 0.3 is 0 Å². The minimum atomic E-state index is -0.609. The number of hydrogen-bond donors (Lipinski definition) is 0. The van der Waals surface area contributed by atoms with Crippen molar-refractivity contribution in [1.29, 1.82) is 0 Å². The third-order valence-electron chi connectivity index (χ3n) is 2.26. The summed E-state index contributed by atoms with van der Waals surface area (Å²) in [6, 6.07) is 8.87. The summed E-state index contributed by atoms with van der Waals surface area (Å²) in [5, 5.41) is 0. The Bertz CT molecular complexity index is 357. The second kappa shape index (κ2) is 4.73. The summed E-state index contributed by atoms with van der Waals surface area (Å²) in [4.78, 5) is 24.8. The molecular weight excluding hydrogens is 190 g/mol. The summed E-state index contributed by atoms with van der Waals surface area (Å²) in [6.07, 6.45) is 0. The van der Waals surface area contributed by atoms with Crippen LogP contribution in [0.2, 0.25) is 0 Å². The Morgan fingerprint density at radius 3 is 2.13 bits per heavy atom. The van der Waals surface area contributed by atoms with Gasteiger partial charge < -0.3 is 4.90 Å². The van der Waals surface area contributed by atoms with Crippen molar-refractivity contribution in [2.45, 2.75) is 6.92 Å². The van der Waals surface area contributed by atoms with Crippen LogP contribution >= 0.6 is 0 Å². The summed E-state index contributed by atoms with van der Waals surface area (Å²) in [7, 11) is 3.30. The fourth-order valence-electron chi connectivity index (χ4n) is 1.35. The molecule has 0 fully saturated rings. The average molecular weight is 205 g/mol. The van der Waals surface area contributed by atoms with Gasteiger partial charge in [0.1, 0.15) is 0 Å². The maximum atomic E-state index is 11.8. The van der Waals surface area contributed by atoms with Crippen LogP contribution in [0.25, 0.3) is 0 Å². The summed E-state index contributed by atoms with van der Waals surface area (Å²) in [6.45, 7) is 1.64. The van der Waals surface area contributed by atoms with E-state index in [0.29, 0.717) is 5.56 Å². The Morgan fingerprint density at radius 1 is 1.13 bits per heavy atom. The molecular formula is C12H15NO2. The number of Topliss-reactive ketones (excluding diaryl/α,β-unsaturated/α-hetero) is 1. The van der Waals surface area contributed by atoms with Gasteiger partial charge in [-0.25, -0.2) is 0 Å². The summed E-state index contributed by atoms with van der Waals surface area (Å²) in [5.41, 5.74) is 0.584. The zero-order valence-electron chi connectivity index (χ0n) is 9.23. The Hall–Kier alpha value is -1.64. The molecule has 0 heterocycles. The third-order valence-corrected chi connectivity index (χ3v) is 2.26. The number of amides is 1. The first-order valence-electron chi connectivity index (χ1n) is 4.84. The van der Waals surface area contributed by atoms with Gasteiger partial charge in [-0.2, -0.15) is 0 Å². The van der Waals surface area contributed by atoms with Crippen molar-refractivity contribution in [3.63, 3.8) is 0 Å². The molecule has 0 aliphatic carbocycles. The SMILES string of the molecule is CC(C(=O)c1ccccc1)C(=O)N(C)C. The van der Waals surface area contributed by atoms with Crippen molar-refractivity contribution in [3.05, 3.63) is 35.9 Å². The van der Waals surface area contributed by atoms with Crippen LogP contribution in [0.15, 0.2) is 30.3 Å². The number of ketones is 1. The van der Waals surface area contributed by atoms with E-state index in [2.05, 4.69) is 0 Å². The Kier molecular flexibility index (Phi) is 3.61. The van der Waals surface area contributed by atoms with E-state index in [0.717, 1.165) is 0 Å². The summed E-state index contributed by atoms with van der Waals surface area (Å²) >= 11 is 0. The van der Waals surface area contributed by atoms with Gasteiger partial charge in [-0.05, 0) is 6.92 Å². The van der Waals surface area contributed by atoms with Crippen LogP contribution in [0.3, 0.4) is 0 Å². The first-order valence-corrected chi connectivity index (χ1v) is 4.84. The third kappa shape index (κ3) is 2.65. The maximum Gasteiger partial charge on any atom is 0.232 e. The highest BCUT2D eigenvalue weighted by molar-refractivity contribution is 6.09. The Labute approximate surface area is 89.7 Å². The molecule has 1 rings (SSSR count). The van der Waals surface area contributed by atoms with Gasteiger partial charge in [0, 0.05) is 19.7 Å². The van der Waals surface area contributed by atoms with Crippen LogP contribution in [-0.2, 0) is 4.79 Å². The predicted octanol–water partition coefficient (Wildman–Crippen LogP) is 1.59. The van der Waals surface area contributed by atoms with Crippen LogP contribution in [0.1, 0.15) is 17.3 Å². The second-order valence-corrected chi connectivity index (χ2v) is 3.68. The zero-order valence-corrected chi connectivity index (χ0v) is 9.23. The molecule has 1 amide bonds. The molecule has 0 bridgehead atoms. The van der Waals surface area contributed by atoms with E-state index >= 15 is 0 Å². The predicted molar refractivity (Wildman–Crippen MR) is 58.6 cm³/mol. The molecule has 0 aliphatic rings. The van der Waals surface area contributed by atoms with Gasteiger partial charge in [-0.15, -0.1) is 0 Å². The maximum absolute atomic E-state index is 11.8. The van der Waals surface area contributed by atoms with Gasteiger partial charge in [-0.3, -0.25) is 9.59 Å². The monoisotopic (exact) mass is 205 g/mol. The van der Waals surface area contributed by atoms with Crippen molar-refractivity contribution >= 4 is 11.7 Å². The molecule has 0 spiro atoms. The number of carbonyl (C=O) groups excluding carboxylic acids is 2. The lowest BCUT2D eigenvalue weighted by Gasteiger charge is -2.15. The van der Waals surface area contributed by atoms with Crippen LogP contribution < -0.4 is 0 Å². The Morgan fingerprint density at radius 2 is 1.67 bits per heavy atom. The van der Waals surface area contributed by atoms with E-state index in [1.54, 1.807) is 45.3 Å². The van der Waals surface area contributed by atoms with Crippen LogP contribution in [0.4, 0.5) is 0 Å². The molecule has 0 aliphatic heterocycles. The topological polar surface area (TPSA) is 37.4 Å². The normalized spacial score (nSPS) is 11.9. The smallest absolute Gasteiger partial charge is 0.232 e. The fraction of sp³-hybridized carbons (Fsp3) is 0.333. The van der Waals surface area contributed by atoms with Crippen LogP contribution in [-0.4, -0.2) is 30.7 Å². The molecule has 0 saturated carbocycles. The lowest BCUT2D eigenvalue weighted by molar-refractivity contribution is -0.130. The van der Waals surface area contributed by atoms with Crippen molar-refractivity contribution in [2.75, 3.05) is 14.1 Å². The lowest BCUT2D eigenvalue weighted by Crippen LogP contribution is -2.32. The number of hydrogen-bond acceptors (Lipinski definition) is 2.